The summed E-state index contributed by atoms with van der Waals surface area (Å²) in [5, 5.41) is 0.596. The maximum absolute atomic E-state index is 5.93. The molecule has 2 N–H and O–H groups in total. The minimum Gasteiger partial charge on any atom is -0.326 e. The molecule has 0 bridgehead atoms. The fourth-order valence-electron chi connectivity index (χ4n) is 1.38. The summed E-state index contributed by atoms with van der Waals surface area (Å²) >= 11 is 5.93. The molecule has 2 heterocycles. The van der Waals surface area contributed by atoms with Gasteiger partial charge in [-0.2, -0.15) is 0 Å². The first-order chi connectivity index (χ1) is 7.22. The molecule has 0 aliphatic heterocycles. The first kappa shape index (κ1) is 10.1. The zero-order valence-corrected chi connectivity index (χ0v) is 9.07. The van der Waals surface area contributed by atoms with Crippen LogP contribution in [0.5, 0.6) is 0 Å². The predicted molar refractivity (Wildman–Crippen MR) is 59.0 cm³/mol. The molecule has 2 aromatic rings. The standard InChI is InChI=1S/C10H11ClN4/c1-7-13-2-3-15(7)10-4-8(5-12)9(11)6-14-10/h2-4,6H,5,12H2,1H3. The third-order valence-corrected chi connectivity index (χ3v) is 2.55. The summed E-state index contributed by atoms with van der Waals surface area (Å²) in [6.45, 7) is 2.32. The topological polar surface area (TPSA) is 56.7 Å². The Hall–Kier alpha value is -1.39. The Morgan fingerprint density at radius 2 is 2.27 bits per heavy atom. The molecule has 15 heavy (non-hydrogen) atoms. The van der Waals surface area contributed by atoms with Crippen LogP contribution in [-0.2, 0) is 6.54 Å². The van der Waals surface area contributed by atoms with Gasteiger partial charge in [-0.15, -0.1) is 0 Å². The SMILES string of the molecule is Cc1nccn1-c1cc(CN)c(Cl)cn1. The van der Waals surface area contributed by atoms with Crippen molar-refractivity contribution in [1.82, 2.24) is 14.5 Å². The van der Waals surface area contributed by atoms with E-state index in [0.717, 1.165) is 17.2 Å². The number of aryl methyl sites for hydroxylation is 1. The molecule has 0 spiro atoms. The number of hydrogen-bond donors (Lipinski definition) is 1. The van der Waals surface area contributed by atoms with E-state index in [4.69, 9.17) is 17.3 Å². The zero-order valence-electron chi connectivity index (χ0n) is 8.31. The highest BCUT2D eigenvalue weighted by Gasteiger charge is 2.05. The highest BCUT2D eigenvalue weighted by Crippen LogP contribution is 2.17. The molecule has 0 amide bonds. The molecule has 0 atom stereocenters. The Morgan fingerprint density at radius 3 is 2.87 bits per heavy atom. The second-order valence-corrected chi connectivity index (χ2v) is 3.59. The van der Waals surface area contributed by atoms with Crippen LogP contribution in [0.3, 0.4) is 0 Å². The first-order valence-corrected chi connectivity index (χ1v) is 4.95. The van der Waals surface area contributed by atoms with Crippen LogP contribution in [0.15, 0.2) is 24.7 Å². The Balaban J connectivity index is 2.51. The van der Waals surface area contributed by atoms with Gasteiger partial charge in [0, 0.05) is 25.1 Å². The van der Waals surface area contributed by atoms with Gasteiger partial charge in [-0.25, -0.2) is 9.97 Å². The van der Waals surface area contributed by atoms with Crippen LogP contribution in [0, 0.1) is 6.92 Å². The van der Waals surface area contributed by atoms with Gasteiger partial charge in [0.15, 0.2) is 0 Å². The van der Waals surface area contributed by atoms with Gasteiger partial charge in [0.1, 0.15) is 11.6 Å². The van der Waals surface area contributed by atoms with Gasteiger partial charge in [-0.1, -0.05) is 11.6 Å². The molecule has 0 aliphatic rings. The van der Waals surface area contributed by atoms with E-state index < -0.39 is 0 Å². The van der Waals surface area contributed by atoms with E-state index in [0.29, 0.717) is 11.6 Å². The fourth-order valence-corrected chi connectivity index (χ4v) is 1.56. The zero-order chi connectivity index (χ0) is 10.8. The lowest BCUT2D eigenvalue weighted by molar-refractivity contribution is 0.921. The lowest BCUT2D eigenvalue weighted by atomic mass is 10.2. The Morgan fingerprint density at radius 1 is 1.47 bits per heavy atom. The minimum atomic E-state index is 0.405. The Kier molecular flexibility index (Phi) is 2.70. The van der Waals surface area contributed by atoms with Crippen molar-refractivity contribution in [3.63, 3.8) is 0 Å². The van der Waals surface area contributed by atoms with E-state index in [9.17, 15) is 0 Å². The molecule has 0 fully saturated rings. The van der Waals surface area contributed by atoms with Gasteiger partial charge in [0.2, 0.25) is 0 Å². The lowest BCUT2D eigenvalue weighted by Crippen LogP contribution is -2.03. The fraction of sp³-hybridized carbons (Fsp3) is 0.200. The molecule has 78 valence electrons. The molecule has 0 aliphatic carbocycles. The first-order valence-electron chi connectivity index (χ1n) is 4.57. The summed E-state index contributed by atoms with van der Waals surface area (Å²) in [5.74, 6) is 1.67. The number of nitrogens with zero attached hydrogens (tertiary/aromatic N) is 3. The summed E-state index contributed by atoms with van der Waals surface area (Å²) in [6, 6.07) is 1.87. The quantitative estimate of drug-likeness (QED) is 0.841. The largest absolute Gasteiger partial charge is 0.326 e. The van der Waals surface area contributed by atoms with Gasteiger partial charge in [0.05, 0.1) is 5.02 Å². The van der Waals surface area contributed by atoms with E-state index in [-0.39, 0.29) is 0 Å². The van der Waals surface area contributed by atoms with Crippen molar-refractivity contribution in [1.29, 1.82) is 0 Å². The smallest absolute Gasteiger partial charge is 0.138 e. The number of pyridine rings is 1. The number of halogens is 1. The number of nitrogens with two attached hydrogens (primary N) is 1. The average molecular weight is 223 g/mol. The average Bonchev–Trinajstić information content (AvgIpc) is 2.65. The van der Waals surface area contributed by atoms with Crippen molar-refractivity contribution in [2.75, 3.05) is 0 Å². The van der Waals surface area contributed by atoms with E-state index >= 15 is 0 Å². The summed E-state index contributed by atoms with van der Waals surface area (Å²) in [7, 11) is 0. The molecule has 0 saturated carbocycles. The van der Waals surface area contributed by atoms with E-state index in [1.807, 2.05) is 23.8 Å². The molecule has 0 saturated heterocycles. The lowest BCUT2D eigenvalue weighted by Gasteiger charge is -2.06. The van der Waals surface area contributed by atoms with Crippen LogP contribution >= 0.6 is 11.6 Å². The maximum atomic E-state index is 5.93. The van der Waals surface area contributed by atoms with Crippen LogP contribution in [0.1, 0.15) is 11.4 Å². The monoisotopic (exact) mass is 222 g/mol. The number of aromatic nitrogens is 3. The van der Waals surface area contributed by atoms with E-state index in [2.05, 4.69) is 9.97 Å². The van der Waals surface area contributed by atoms with Gasteiger partial charge in [-0.3, -0.25) is 4.57 Å². The number of hydrogen-bond acceptors (Lipinski definition) is 3. The van der Waals surface area contributed by atoms with Crippen molar-refractivity contribution >= 4 is 11.6 Å². The van der Waals surface area contributed by atoms with Crippen molar-refractivity contribution in [2.45, 2.75) is 13.5 Å². The molecule has 0 unspecified atom stereocenters. The maximum Gasteiger partial charge on any atom is 0.138 e. The summed E-state index contributed by atoms with van der Waals surface area (Å²) < 4.78 is 1.88. The van der Waals surface area contributed by atoms with Gasteiger partial charge in [-0.05, 0) is 18.6 Å². The highest BCUT2D eigenvalue weighted by atomic mass is 35.5. The summed E-state index contributed by atoms with van der Waals surface area (Å²) in [5.41, 5.74) is 6.46. The number of rotatable bonds is 2. The van der Waals surface area contributed by atoms with Gasteiger partial charge in [0.25, 0.3) is 0 Å². The molecular weight excluding hydrogens is 212 g/mol. The van der Waals surface area contributed by atoms with Crippen molar-refractivity contribution in [3.8, 4) is 5.82 Å². The molecule has 2 aromatic heterocycles. The minimum absolute atomic E-state index is 0.405. The van der Waals surface area contributed by atoms with Crippen LogP contribution in [0.25, 0.3) is 5.82 Å². The summed E-state index contributed by atoms with van der Waals surface area (Å²) in [4.78, 5) is 8.36. The molecule has 2 rings (SSSR count). The Labute approximate surface area is 92.7 Å². The van der Waals surface area contributed by atoms with Crippen molar-refractivity contribution in [2.24, 2.45) is 5.73 Å². The van der Waals surface area contributed by atoms with Crippen molar-refractivity contribution in [3.05, 3.63) is 41.1 Å². The predicted octanol–water partition coefficient (Wildman–Crippen LogP) is 1.69. The second kappa shape index (κ2) is 4.00. The number of imidazole rings is 1. The molecular formula is C10H11ClN4. The van der Waals surface area contributed by atoms with Crippen LogP contribution < -0.4 is 5.73 Å². The summed E-state index contributed by atoms with van der Waals surface area (Å²) in [6.07, 6.45) is 5.19. The van der Waals surface area contributed by atoms with Crippen LogP contribution in [0.4, 0.5) is 0 Å². The van der Waals surface area contributed by atoms with Gasteiger partial charge < -0.3 is 5.73 Å². The third-order valence-electron chi connectivity index (χ3n) is 2.21. The van der Waals surface area contributed by atoms with Crippen LogP contribution in [0.2, 0.25) is 5.02 Å². The van der Waals surface area contributed by atoms with Gasteiger partial charge >= 0.3 is 0 Å². The second-order valence-electron chi connectivity index (χ2n) is 3.18. The molecule has 0 aromatic carbocycles. The van der Waals surface area contributed by atoms with E-state index in [1.54, 1.807) is 12.4 Å². The van der Waals surface area contributed by atoms with E-state index in [1.165, 1.54) is 0 Å². The third kappa shape index (κ3) is 1.86. The Bertz CT molecular complexity index is 478. The normalized spacial score (nSPS) is 10.6. The molecule has 0 radical (unpaired) electrons. The molecule has 4 nitrogen and oxygen atoms in total. The van der Waals surface area contributed by atoms with Crippen molar-refractivity contribution < 1.29 is 0 Å². The highest BCUT2D eigenvalue weighted by molar-refractivity contribution is 6.31. The van der Waals surface area contributed by atoms with Crippen LogP contribution in [-0.4, -0.2) is 14.5 Å². The molecule has 5 heteroatoms.